The molecule has 96 valence electrons. The second kappa shape index (κ2) is 8.39. The highest BCUT2D eigenvalue weighted by Gasteiger charge is 2.11. The Hall–Kier alpha value is 0.280. The van der Waals surface area contributed by atoms with Crippen LogP contribution >= 0.6 is 39.1 Å². The van der Waals surface area contributed by atoms with Gasteiger partial charge in [-0.05, 0) is 30.2 Å². The lowest BCUT2D eigenvalue weighted by molar-refractivity contribution is 0.606. The van der Waals surface area contributed by atoms with Crippen molar-refractivity contribution in [1.29, 1.82) is 0 Å². The molecule has 0 amide bonds. The van der Waals surface area contributed by atoms with E-state index in [9.17, 15) is 0 Å². The first-order valence-electron chi connectivity index (χ1n) is 6.24. The second-order valence-electron chi connectivity index (χ2n) is 4.34. The molecule has 0 bridgehead atoms. The van der Waals surface area contributed by atoms with Gasteiger partial charge in [0.05, 0.1) is 0 Å². The molecule has 0 heterocycles. The molecule has 0 radical (unpaired) electrons. The first-order chi connectivity index (χ1) is 8.15. The third-order valence-electron chi connectivity index (χ3n) is 2.86. The van der Waals surface area contributed by atoms with Gasteiger partial charge in [-0.25, -0.2) is 0 Å². The molecule has 0 spiro atoms. The Bertz CT molecular complexity index is 339. The van der Waals surface area contributed by atoms with Crippen molar-refractivity contribution in [3.8, 4) is 0 Å². The molecule has 0 aliphatic heterocycles. The van der Waals surface area contributed by atoms with Gasteiger partial charge in [-0.3, -0.25) is 0 Å². The summed E-state index contributed by atoms with van der Waals surface area (Å²) in [5, 5.41) is 1.55. The van der Waals surface area contributed by atoms with E-state index < -0.39 is 0 Å². The minimum atomic E-state index is 0.315. The number of rotatable bonds is 7. The van der Waals surface area contributed by atoms with Crippen molar-refractivity contribution in [2.24, 2.45) is 0 Å². The number of hydrogen-bond donors (Lipinski definition) is 0. The summed E-state index contributed by atoms with van der Waals surface area (Å²) < 4.78 is 0. The Morgan fingerprint density at radius 2 is 1.82 bits per heavy atom. The maximum atomic E-state index is 6.16. The number of halogens is 3. The summed E-state index contributed by atoms with van der Waals surface area (Å²) in [6.45, 7) is 2.24. The standard InChI is InChI=1S/C14H19BrCl2/c1-2-3-4-5-6-7-13(15)12-10-11(16)8-9-14(12)17/h8-10,13H,2-7H2,1H3. The summed E-state index contributed by atoms with van der Waals surface area (Å²) in [4.78, 5) is 0.315. The van der Waals surface area contributed by atoms with Crippen LogP contribution in [-0.2, 0) is 0 Å². The van der Waals surface area contributed by atoms with Gasteiger partial charge in [-0.1, -0.05) is 78.2 Å². The second-order valence-corrected chi connectivity index (χ2v) is 6.29. The van der Waals surface area contributed by atoms with Crippen molar-refractivity contribution in [2.75, 3.05) is 0 Å². The molecular weight excluding hydrogens is 319 g/mol. The van der Waals surface area contributed by atoms with Crippen LogP contribution in [0.25, 0.3) is 0 Å². The summed E-state index contributed by atoms with van der Waals surface area (Å²) >= 11 is 15.8. The molecular formula is C14H19BrCl2. The summed E-state index contributed by atoms with van der Waals surface area (Å²) in [6.07, 6.45) is 7.61. The maximum absolute atomic E-state index is 6.16. The Labute approximate surface area is 123 Å². The van der Waals surface area contributed by atoms with Crippen LogP contribution in [0.2, 0.25) is 10.0 Å². The van der Waals surface area contributed by atoms with Crippen LogP contribution in [0.3, 0.4) is 0 Å². The highest BCUT2D eigenvalue weighted by atomic mass is 79.9. The van der Waals surface area contributed by atoms with Gasteiger partial charge in [-0.15, -0.1) is 0 Å². The predicted octanol–water partition coefficient (Wildman–Crippen LogP) is 6.79. The molecule has 0 nitrogen and oxygen atoms in total. The number of alkyl halides is 1. The van der Waals surface area contributed by atoms with E-state index in [4.69, 9.17) is 23.2 Å². The van der Waals surface area contributed by atoms with Crippen molar-refractivity contribution < 1.29 is 0 Å². The van der Waals surface area contributed by atoms with E-state index in [2.05, 4.69) is 22.9 Å². The molecule has 1 unspecified atom stereocenters. The molecule has 1 aromatic carbocycles. The first kappa shape index (κ1) is 15.3. The first-order valence-corrected chi connectivity index (χ1v) is 7.91. The molecule has 0 N–H and O–H groups in total. The average Bonchev–Trinajstić information content (AvgIpc) is 2.32. The summed E-state index contributed by atoms with van der Waals surface area (Å²) in [7, 11) is 0. The van der Waals surface area contributed by atoms with Crippen LogP contribution < -0.4 is 0 Å². The number of unbranched alkanes of at least 4 members (excludes halogenated alkanes) is 4. The molecule has 0 fully saturated rings. The third-order valence-corrected chi connectivity index (χ3v) is 4.39. The monoisotopic (exact) mass is 336 g/mol. The summed E-state index contributed by atoms with van der Waals surface area (Å²) in [5.41, 5.74) is 1.11. The van der Waals surface area contributed by atoms with Gasteiger partial charge >= 0.3 is 0 Å². The largest absolute Gasteiger partial charge is 0.0843 e. The molecule has 17 heavy (non-hydrogen) atoms. The normalized spacial score (nSPS) is 12.7. The van der Waals surface area contributed by atoms with E-state index in [1.54, 1.807) is 0 Å². The van der Waals surface area contributed by atoms with Crippen LogP contribution in [-0.4, -0.2) is 0 Å². The van der Waals surface area contributed by atoms with Gasteiger partial charge in [0.1, 0.15) is 0 Å². The molecule has 3 heteroatoms. The Morgan fingerprint density at radius 3 is 2.53 bits per heavy atom. The van der Waals surface area contributed by atoms with E-state index in [0.29, 0.717) is 4.83 Å². The van der Waals surface area contributed by atoms with Crippen LogP contribution in [0.4, 0.5) is 0 Å². The molecule has 0 aliphatic carbocycles. The summed E-state index contributed by atoms with van der Waals surface area (Å²) in [5.74, 6) is 0. The van der Waals surface area contributed by atoms with Crippen molar-refractivity contribution in [3.63, 3.8) is 0 Å². The lowest BCUT2D eigenvalue weighted by atomic mass is 10.0. The Balaban J connectivity index is 2.41. The zero-order chi connectivity index (χ0) is 12.7. The van der Waals surface area contributed by atoms with Gasteiger partial charge in [0.25, 0.3) is 0 Å². The van der Waals surface area contributed by atoms with Crippen LogP contribution in [0.5, 0.6) is 0 Å². The maximum Gasteiger partial charge on any atom is 0.0450 e. The van der Waals surface area contributed by atoms with Gasteiger partial charge < -0.3 is 0 Å². The van der Waals surface area contributed by atoms with Crippen molar-refractivity contribution in [1.82, 2.24) is 0 Å². The lowest BCUT2D eigenvalue weighted by Gasteiger charge is -2.12. The molecule has 1 atom stereocenters. The van der Waals surface area contributed by atoms with Crippen LogP contribution in [0, 0.1) is 0 Å². The van der Waals surface area contributed by atoms with Crippen molar-refractivity contribution >= 4 is 39.1 Å². The van der Waals surface area contributed by atoms with Gasteiger partial charge in [0, 0.05) is 14.9 Å². The Kier molecular flexibility index (Phi) is 7.57. The van der Waals surface area contributed by atoms with E-state index >= 15 is 0 Å². The molecule has 0 aromatic heterocycles. The van der Waals surface area contributed by atoms with E-state index in [1.807, 2.05) is 18.2 Å². The van der Waals surface area contributed by atoms with E-state index in [-0.39, 0.29) is 0 Å². The zero-order valence-electron chi connectivity index (χ0n) is 10.2. The minimum absolute atomic E-state index is 0.315. The fourth-order valence-electron chi connectivity index (χ4n) is 1.84. The van der Waals surface area contributed by atoms with Crippen LogP contribution in [0.1, 0.15) is 55.8 Å². The fraction of sp³-hybridized carbons (Fsp3) is 0.571. The molecule has 1 aromatic rings. The van der Waals surface area contributed by atoms with Gasteiger partial charge in [0.15, 0.2) is 0 Å². The van der Waals surface area contributed by atoms with E-state index in [0.717, 1.165) is 22.0 Å². The SMILES string of the molecule is CCCCCCCC(Br)c1cc(Cl)ccc1Cl. The average molecular weight is 338 g/mol. The molecule has 0 saturated carbocycles. The number of hydrogen-bond acceptors (Lipinski definition) is 0. The van der Waals surface area contributed by atoms with Crippen LogP contribution in [0.15, 0.2) is 18.2 Å². The smallest absolute Gasteiger partial charge is 0.0450 e. The molecule has 0 saturated heterocycles. The zero-order valence-corrected chi connectivity index (χ0v) is 13.3. The molecule has 1 rings (SSSR count). The van der Waals surface area contributed by atoms with Crippen molar-refractivity contribution in [2.45, 2.75) is 50.3 Å². The highest BCUT2D eigenvalue weighted by Crippen LogP contribution is 2.35. The topological polar surface area (TPSA) is 0 Å². The highest BCUT2D eigenvalue weighted by molar-refractivity contribution is 9.09. The number of benzene rings is 1. The third kappa shape index (κ3) is 5.63. The fourth-order valence-corrected chi connectivity index (χ4v) is 3.10. The van der Waals surface area contributed by atoms with Gasteiger partial charge in [0.2, 0.25) is 0 Å². The predicted molar refractivity (Wildman–Crippen MR) is 81.5 cm³/mol. The molecule has 0 aliphatic rings. The lowest BCUT2D eigenvalue weighted by Crippen LogP contribution is -1.92. The van der Waals surface area contributed by atoms with Gasteiger partial charge in [-0.2, -0.15) is 0 Å². The summed E-state index contributed by atoms with van der Waals surface area (Å²) in [6, 6.07) is 5.65. The Morgan fingerprint density at radius 1 is 1.12 bits per heavy atom. The van der Waals surface area contributed by atoms with E-state index in [1.165, 1.54) is 32.1 Å². The quantitative estimate of drug-likeness (QED) is 0.379. The minimum Gasteiger partial charge on any atom is -0.0843 e. The van der Waals surface area contributed by atoms with Crippen molar-refractivity contribution in [3.05, 3.63) is 33.8 Å².